The van der Waals surface area contributed by atoms with Crippen LogP contribution < -0.4 is 0 Å². The molecule has 0 bridgehead atoms. The fourth-order valence-corrected chi connectivity index (χ4v) is 2.29. The second kappa shape index (κ2) is 4.48. The van der Waals surface area contributed by atoms with Crippen LogP contribution in [0.1, 0.15) is 17.4 Å². The van der Waals surface area contributed by atoms with Crippen molar-refractivity contribution in [2.75, 3.05) is 0 Å². The zero-order valence-electron chi connectivity index (χ0n) is 10.4. The quantitative estimate of drug-likeness (QED) is 0.765. The summed E-state index contributed by atoms with van der Waals surface area (Å²) >= 11 is 0. The summed E-state index contributed by atoms with van der Waals surface area (Å²) in [4.78, 5) is 0. The summed E-state index contributed by atoms with van der Waals surface area (Å²) in [6.07, 6.45) is -1.06. The van der Waals surface area contributed by atoms with Crippen molar-refractivity contribution in [1.82, 2.24) is 9.78 Å². The standard InChI is InChI=1S/C15H13FN2O/c1-18-13-9-5-3-7-11(13)14(17-18)15(19)10-6-2-4-8-12(10)16/h2-9,15,19H,1H3. The molecule has 19 heavy (non-hydrogen) atoms. The Bertz CT molecular complexity index is 736. The lowest BCUT2D eigenvalue weighted by Gasteiger charge is -2.09. The Labute approximate surface area is 109 Å². The molecular weight excluding hydrogens is 243 g/mol. The maximum absolute atomic E-state index is 13.7. The molecule has 3 aromatic rings. The summed E-state index contributed by atoms with van der Waals surface area (Å²) in [7, 11) is 1.81. The number of aryl methyl sites for hydroxylation is 1. The van der Waals surface area contributed by atoms with Crippen molar-refractivity contribution in [2.24, 2.45) is 7.05 Å². The van der Waals surface area contributed by atoms with E-state index in [4.69, 9.17) is 0 Å². The van der Waals surface area contributed by atoms with Gasteiger partial charge in [0.15, 0.2) is 0 Å². The topological polar surface area (TPSA) is 38.0 Å². The number of benzene rings is 2. The minimum absolute atomic E-state index is 0.242. The molecule has 3 nitrogen and oxygen atoms in total. The molecule has 1 atom stereocenters. The molecule has 1 N–H and O–H groups in total. The second-order valence-electron chi connectivity index (χ2n) is 4.45. The molecular formula is C15H13FN2O. The van der Waals surface area contributed by atoms with E-state index in [1.165, 1.54) is 6.07 Å². The van der Waals surface area contributed by atoms with Gasteiger partial charge in [-0.05, 0) is 12.1 Å². The van der Waals surface area contributed by atoms with Crippen molar-refractivity contribution < 1.29 is 9.50 Å². The number of aromatic nitrogens is 2. The van der Waals surface area contributed by atoms with E-state index in [2.05, 4.69) is 5.10 Å². The molecule has 0 aliphatic heterocycles. The predicted molar refractivity (Wildman–Crippen MR) is 71.2 cm³/mol. The van der Waals surface area contributed by atoms with Crippen LogP contribution in [0, 0.1) is 5.82 Å². The van der Waals surface area contributed by atoms with Gasteiger partial charge in [-0.1, -0.05) is 36.4 Å². The lowest BCUT2D eigenvalue weighted by molar-refractivity contribution is 0.210. The number of aliphatic hydroxyl groups excluding tert-OH is 1. The van der Waals surface area contributed by atoms with Gasteiger partial charge in [0.2, 0.25) is 0 Å². The van der Waals surface area contributed by atoms with Crippen LogP contribution in [-0.2, 0) is 7.05 Å². The highest BCUT2D eigenvalue weighted by molar-refractivity contribution is 5.82. The summed E-state index contributed by atoms with van der Waals surface area (Å²) in [5, 5.41) is 15.5. The Kier molecular flexibility index (Phi) is 2.80. The lowest BCUT2D eigenvalue weighted by atomic mass is 10.0. The Hall–Kier alpha value is -2.20. The molecule has 1 unspecified atom stereocenters. The van der Waals surface area contributed by atoms with Gasteiger partial charge in [-0.25, -0.2) is 4.39 Å². The largest absolute Gasteiger partial charge is 0.382 e. The van der Waals surface area contributed by atoms with Gasteiger partial charge in [0.25, 0.3) is 0 Å². The van der Waals surface area contributed by atoms with Crippen LogP contribution in [0.5, 0.6) is 0 Å². The monoisotopic (exact) mass is 256 g/mol. The number of hydrogen-bond donors (Lipinski definition) is 1. The highest BCUT2D eigenvalue weighted by atomic mass is 19.1. The van der Waals surface area contributed by atoms with Gasteiger partial charge in [0, 0.05) is 18.0 Å². The Morgan fingerprint density at radius 1 is 1.11 bits per heavy atom. The second-order valence-corrected chi connectivity index (χ2v) is 4.45. The molecule has 0 amide bonds. The smallest absolute Gasteiger partial charge is 0.129 e. The minimum Gasteiger partial charge on any atom is -0.382 e. The van der Waals surface area contributed by atoms with Crippen molar-refractivity contribution in [3.05, 3.63) is 65.6 Å². The Balaban J connectivity index is 2.17. The van der Waals surface area contributed by atoms with Crippen LogP contribution in [-0.4, -0.2) is 14.9 Å². The van der Waals surface area contributed by atoms with Crippen molar-refractivity contribution in [3.8, 4) is 0 Å². The molecule has 4 heteroatoms. The third-order valence-electron chi connectivity index (χ3n) is 3.25. The molecule has 3 rings (SSSR count). The first-order valence-corrected chi connectivity index (χ1v) is 6.02. The Morgan fingerprint density at radius 3 is 2.58 bits per heavy atom. The molecule has 2 aromatic carbocycles. The SMILES string of the molecule is Cn1nc(C(O)c2ccccc2F)c2ccccc21. The third kappa shape index (κ3) is 1.90. The molecule has 1 heterocycles. The van der Waals surface area contributed by atoms with Crippen molar-refractivity contribution >= 4 is 10.9 Å². The number of aliphatic hydroxyl groups is 1. The molecule has 0 radical (unpaired) electrons. The maximum Gasteiger partial charge on any atom is 0.129 e. The van der Waals surface area contributed by atoms with E-state index >= 15 is 0 Å². The van der Waals surface area contributed by atoms with Gasteiger partial charge in [0.1, 0.15) is 17.6 Å². The highest BCUT2D eigenvalue weighted by Gasteiger charge is 2.20. The fourth-order valence-electron chi connectivity index (χ4n) is 2.29. The van der Waals surface area contributed by atoms with Crippen LogP contribution in [0.4, 0.5) is 4.39 Å². The molecule has 0 aliphatic carbocycles. The number of nitrogens with zero attached hydrogens (tertiary/aromatic N) is 2. The molecule has 0 fully saturated rings. The van der Waals surface area contributed by atoms with E-state index in [0.717, 1.165) is 10.9 Å². The molecule has 0 saturated carbocycles. The first kappa shape index (κ1) is 11.9. The van der Waals surface area contributed by atoms with Crippen LogP contribution in [0.15, 0.2) is 48.5 Å². The molecule has 0 saturated heterocycles. The van der Waals surface area contributed by atoms with E-state index in [0.29, 0.717) is 5.69 Å². The van der Waals surface area contributed by atoms with E-state index in [1.54, 1.807) is 29.9 Å². The van der Waals surface area contributed by atoms with E-state index in [-0.39, 0.29) is 5.56 Å². The first-order valence-electron chi connectivity index (χ1n) is 6.02. The molecule has 96 valence electrons. The van der Waals surface area contributed by atoms with E-state index < -0.39 is 11.9 Å². The van der Waals surface area contributed by atoms with Crippen molar-refractivity contribution in [3.63, 3.8) is 0 Å². The van der Waals surface area contributed by atoms with Crippen LogP contribution in [0.3, 0.4) is 0 Å². The lowest BCUT2D eigenvalue weighted by Crippen LogP contribution is -2.04. The maximum atomic E-state index is 13.7. The summed E-state index contributed by atoms with van der Waals surface area (Å²) in [5.41, 5.74) is 1.63. The van der Waals surface area contributed by atoms with E-state index in [9.17, 15) is 9.50 Å². The van der Waals surface area contributed by atoms with Crippen molar-refractivity contribution in [1.29, 1.82) is 0 Å². The normalized spacial score (nSPS) is 12.8. The van der Waals surface area contributed by atoms with Crippen LogP contribution in [0.25, 0.3) is 10.9 Å². The van der Waals surface area contributed by atoms with E-state index in [1.807, 2.05) is 24.3 Å². The Morgan fingerprint density at radius 2 is 1.79 bits per heavy atom. The zero-order chi connectivity index (χ0) is 13.4. The highest BCUT2D eigenvalue weighted by Crippen LogP contribution is 2.28. The molecule has 1 aromatic heterocycles. The number of hydrogen-bond acceptors (Lipinski definition) is 2. The average Bonchev–Trinajstić information content (AvgIpc) is 2.77. The van der Waals surface area contributed by atoms with Gasteiger partial charge in [-0.3, -0.25) is 4.68 Å². The van der Waals surface area contributed by atoms with Gasteiger partial charge in [-0.15, -0.1) is 0 Å². The summed E-state index contributed by atoms with van der Waals surface area (Å²) in [6, 6.07) is 13.8. The summed E-state index contributed by atoms with van der Waals surface area (Å²) in [5.74, 6) is -0.426. The minimum atomic E-state index is -1.06. The average molecular weight is 256 g/mol. The first-order chi connectivity index (χ1) is 9.18. The third-order valence-corrected chi connectivity index (χ3v) is 3.25. The zero-order valence-corrected chi connectivity index (χ0v) is 10.4. The van der Waals surface area contributed by atoms with Gasteiger partial charge in [0.05, 0.1) is 5.52 Å². The number of para-hydroxylation sites is 1. The molecule has 0 spiro atoms. The predicted octanol–water partition coefficient (Wildman–Crippen LogP) is 2.79. The van der Waals surface area contributed by atoms with Crippen LogP contribution >= 0.6 is 0 Å². The fraction of sp³-hybridized carbons (Fsp3) is 0.133. The summed E-state index contributed by atoms with van der Waals surface area (Å²) < 4.78 is 15.4. The number of fused-ring (bicyclic) bond motifs is 1. The van der Waals surface area contributed by atoms with Crippen LogP contribution in [0.2, 0.25) is 0 Å². The van der Waals surface area contributed by atoms with Crippen molar-refractivity contribution in [2.45, 2.75) is 6.10 Å². The van der Waals surface area contributed by atoms with Gasteiger partial charge < -0.3 is 5.11 Å². The van der Waals surface area contributed by atoms with Gasteiger partial charge in [-0.2, -0.15) is 5.10 Å². The van der Waals surface area contributed by atoms with Gasteiger partial charge >= 0.3 is 0 Å². The molecule has 0 aliphatic rings. The summed E-state index contributed by atoms with van der Waals surface area (Å²) in [6.45, 7) is 0. The number of halogens is 1. The number of rotatable bonds is 2.